The molecule has 1 aliphatic rings. The van der Waals surface area contributed by atoms with E-state index in [1.165, 1.54) is 19.9 Å². The second-order valence-corrected chi connectivity index (χ2v) is 1.67. The molecule has 6 heavy (non-hydrogen) atoms. The topological polar surface area (TPSA) is 9.23 Å². The largest absolute Gasteiger partial charge is 0.383 e. The van der Waals surface area contributed by atoms with Crippen molar-refractivity contribution in [1.82, 2.24) is 0 Å². The molecule has 0 saturated carbocycles. The average Bonchev–Trinajstić information content (AvgIpc) is 1.72. The zero-order valence-electron chi connectivity index (χ0n) is 3.94. The molecular weight excluding hydrogens is 74.9 g/mol. The summed E-state index contributed by atoms with van der Waals surface area (Å²) in [6.45, 7) is 2.00. The van der Waals surface area contributed by atoms with Gasteiger partial charge in [-0.2, -0.15) is 0 Å². The van der Waals surface area contributed by atoms with Gasteiger partial charge >= 0.3 is 0 Å². The third-order valence-electron chi connectivity index (χ3n) is 1.08. The zero-order chi connectivity index (χ0) is 4.24. The molecule has 2 heteroatoms. The molecule has 1 fully saturated rings. The third-order valence-corrected chi connectivity index (χ3v) is 1.08. The summed E-state index contributed by atoms with van der Waals surface area (Å²) >= 11 is 0. The van der Waals surface area contributed by atoms with Gasteiger partial charge in [0.15, 0.2) is 0 Å². The van der Waals surface area contributed by atoms with Crippen LogP contribution in [-0.4, -0.2) is 20.5 Å². The van der Waals surface area contributed by atoms with Crippen molar-refractivity contribution >= 4 is 7.28 Å². The van der Waals surface area contributed by atoms with Gasteiger partial charge in [-0.05, 0) is 0 Å². The predicted octanol–water partition coefficient (Wildman–Crippen LogP) is 0.290. The van der Waals surface area contributed by atoms with Crippen molar-refractivity contribution in [2.24, 2.45) is 0 Å². The lowest BCUT2D eigenvalue weighted by atomic mass is 9.70. The summed E-state index contributed by atoms with van der Waals surface area (Å²) in [6, 6.07) is 0. The Bertz CT molecular complexity index is 23.0. The van der Waals surface area contributed by atoms with Crippen LogP contribution in [-0.2, 0) is 4.74 Å². The van der Waals surface area contributed by atoms with E-state index in [-0.39, 0.29) is 0 Å². The van der Waals surface area contributed by atoms with E-state index >= 15 is 0 Å². The van der Waals surface area contributed by atoms with E-state index in [4.69, 9.17) is 4.74 Å². The molecule has 0 aliphatic carbocycles. The number of hydrogen-bond acceptors (Lipinski definition) is 1. The van der Waals surface area contributed by atoms with E-state index in [9.17, 15) is 0 Å². The van der Waals surface area contributed by atoms with Crippen LogP contribution in [0.3, 0.4) is 0 Å². The molecule has 0 aromatic heterocycles. The van der Waals surface area contributed by atoms with Crippen molar-refractivity contribution < 1.29 is 4.74 Å². The Morgan fingerprint density at radius 3 is 2.00 bits per heavy atom. The van der Waals surface area contributed by atoms with Crippen LogP contribution >= 0.6 is 0 Å². The number of rotatable bonds is 0. The molecule has 0 aromatic rings. The van der Waals surface area contributed by atoms with Gasteiger partial charge < -0.3 is 4.74 Å². The van der Waals surface area contributed by atoms with Crippen molar-refractivity contribution in [3.05, 3.63) is 0 Å². The molecule has 1 heterocycles. The van der Waals surface area contributed by atoms with Crippen molar-refractivity contribution in [2.45, 2.75) is 12.6 Å². The molecule has 0 amide bonds. The second kappa shape index (κ2) is 2.24. The fourth-order valence-electron chi connectivity index (χ4n) is 0.687. The van der Waals surface area contributed by atoms with Crippen LogP contribution in [0.4, 0.5) is 0 Å². The molecule has 0 unspecified atom stereocenters. The van der Waals surface area contributed by atoms with Gasteiger partial charge in [-0.25, -0.2) is 0 Å². The minimum Gasteiger partial charge on any atom is -0.383 e. The predicted molar refractivity (Wildman–Crippen MR) is 27.6 cm³/mol. The van der Waals surface area contributed by atoms with Crippen LogP contribution in [0.2, 0.25) is 12.6 Å². The highest BCUT2D eigenvalue weighted by Gasteiger charge is 1.97. The smallest absolute Gasteiger partial charge is 0.126 e. The maximum atomic E-state index is 5.07. The molecule has 0 N–H and O–H groups in total. The fraction of sp³-hybridized carbons (Fsp3) is 1.00. The van der Waals surface area contributed by atoms with Crippen LogP contribution in [0.1, 0.15) is 0 Å². The molecule has 0 bridgehead atoms. The SMILES string of the molecule is B1CCOCC1. The molecule has 1 nitrogen and oxygen atoms in total. The van der Waals surface area contributed by atoms with Crippen molar-refractivity contribution in [3.63, 3.8) is 0 Å². The highest BCUT2D eigenvalue weighted by atomic mass is 16.5. The molecule has 0 atom stereocenters. The van der Waals surface area contributed by atoms with E-state index in [0.717, 1.165) is 13.2 Å². The Morgan fingerprint density at radius 1 is 1.17 bits per heavy atom. The van der Waals surface area contributed by atoms with Crippen LogP contribution in [0.15, 0.2) is 0 Å². The van der Waals surface area contributed by atoms with Gasteiger partial charge in [0.25, 0.3) is 0 Å². The van der Waals surface area contributed by atoms with Gasteiger partial charge in [-0.15, -0.1) is 0 Å². The first-order chi connectivity index (χ1) is 3.00. The van der Waals surface area contributed by atoms with Crippen molar-refractivity contribution in [2.75, 3.05) is 13.2 Å². The standard InChI is InChI=1S/C4H9BO/c1-3-6-4-2-5-1/h5H,1-4H2. The van der Waals surface area contributed by atoms with E-state index in [2.05, 4.69) is 0 Å². The Morgan fingerprint density at radius 2 is 1.83 bits per heavy atom. The summed E-state index contributed by atoms with van der Waals surface area (Å²) in [7, 11) is 1.38. The van der Waals surface area contributed by atoms with Gasteiger partial charge in [-0.3, -0.25) is 0 Å². The van der Waals surface area contributed by atoms with Crippen LogP contribution in [0.25, 0.3) is 0 Å². The molecule has 0 spiro atoms. The summed E-state index contributed by atoms with van der Waals surface area (Å²) in [5.74, 6) is 0. The Kier molecular flexibility index (Phi) is 1.57. The van der Waals surface area contributed by atoms with Crippen LogP contribution in [0, 0.1) is 0 Å². The zero-order valence-corrected chi connectivity index (χ0v) is 3.94. The Balaban J connectivity index is 2.00. The highest BCUT2D eigenvalue weighted by molar-refractivity contribution is 6.35. The normalized spacial score (nSPS) is 22.7. The van der Waals surface area contributed by atoms with E-state index in [1.54, 1.807) is 0 Å². The van der Waals surface area contributed by atoms with Crippen LogP contribution in [0.5, 0.6) is 0 Å². The van der Waals surface area contributed by atoms with Crippen LogP contribution < -0.4 is 0 Å². The summed E-state index contributed by atoms with van der Waals surface area (Å²) in [5.41, 5.74) is 0. The van der Waals surface area contributed by atoms with E-state index in [0.29, 0.717) is 0 Å². The van der Waals surface area contributed by atoms with Gasteiger partial charge in [0.2, 0.25) is 0 Å². The molecule has 34 valence electrons. The summed E-state index contributed by atoms with van der Waals surface area (Å²) < 4.78 is 5.07. The molecule has 0 aromatic carbocycles. The van der Waals surface area contributed by atoms with Gasteiger partial charge in [0.05, 0.1) is 0 Å². The molecule has 1 rings (SSSR count). The first-order valence-electron chi connectivity index (χ1n) is 2.58. The van der Waals surface area contributed by atoms with Gasteiger partial charge in [0.1, 0.15) is 7.28 Å². The maximum absolute atomic E-state index is 5.07. The first kappa shape index (κ1) is 4.19. The third kappa shape index (κ3) is 1.01. The summed E-state index contributed by atoms with van der Waals surface area (Å²) in [5, 5.41) is 0. The lowest BCUT2D eigenvalue weighted by molar-refractivity contribution is 0.152. The van der Waals surface area contributed by atoms with Crippen molar-refractivity contribution in [1.29, 1.82) is 0 Å². The molecule has 0 radical (unpaired) electrons. The molecule has 1 aliphatic heterocycles. The highest BCUT2D eigenvalue weighted by Crippen LogP contribution is 1.95. The van der Waals surface area contributed by atoms with E-state index in [1.807, 2.05) is 0 Å². The summed E-state index contributed by atoms with van der Waals surface area (Å²) in [6.07, 6.45) is 2.56. The Hall–Kier alpha value is 0.0249. The van der Waals surface area contributed by atoms with Crippen molar-refractivity contribution in [3.8, 4) is 0 Å². The lowest BCUT2D eigenvalue weighted by Crippen LogP contribution is -2.08. The second-order valence-electron chi connectivity index (χ2n) is 1.67. The number of ether oxygens (including phenoxy) is 1. The minimum absolute atomic E-state index is 1.00. The fourth-order valence-corrected chi connectivity index (χ4v) is 0.687. The van der Waals surface area contributed by atoms with E-state index < -0.39 is 0 Å². The first-order valence-corrected chi connectivity index (χ1v) is 2.58. The number of hydrogen-bond donors (Lipinski definition) is 0. The summed E-state index contributed by atoms with van der Waals surface area (Å²) in [4.78, 5) is 0. The monoisotopic (exact) mass is 84.1 g/mol. The quantitative estimate of drug-likeness (QED) is 0.383. The van der Waals surface area contributed by atoms with Gasteiger partial charge in [0, 0.05) is 13.2 Å². The Labute approximate surface area is 38.9 Å². The molecule has 1 saturated heterocycles. The average molecular weight is 83.9 g/mol. The van der Waals surface area contributed by atoms with Gasteiger partial charge in [-0.1, -0.05) is 12.6 Å². The lowest BCUT2D eigenvalue weighted by Gasteiger charge is -2.06. The molecular formula is C4H9BO. The maximum Gasteiger partial charge on any atom is 0.126 e. The minimum atomic E-state index is 1.00.